The molecular weight excluding hydrogens is 352 g/mol. The lowest BCUT2D eigenvalue weighted by molar-refractivity contribution is -0.129. The molecule has 4 aromatic carbocycles. The number of benzene rings is 4. The highest BCUT2D eigenvalue weighted by Crippen LogP contribution is 2.32. The lowest BCUT2D eigenvalue weighted by atomic mass is 9.75. The van der Waals surface area contributed by atoms with Gasteiger partial charge in [-0.1, -0.05) is 91.3 Å². The fourth-order valence-electron chi connectivity index (χ4n) is 4.93. The number of fused-ring (bicyclic) bond motifs is 2. The fraction of sp³-hybridized carbons (Fsp3) is 0.250. The van der Waals surface area contributed by atoms with Gasteiger partial charge in [-0.2, -0.15) is 0 Å². The average Bonchev–Trinajstić information content (AvgIpc) is 2.76. The summed E-state index contributed by atoms with van der Waals surface area (Å²) in [6, 6.07) is 30.2. The molecular formula is C28H26O. The van der Waals surface area contributed by atoms with E-state index in [0.29, 0.717) is 5.78 Å². The molecule has 2 atom stereocenters. The monoisotopic (exact) mass is 378 g/mol. The summed E-state index contributed by atoms with van der Waals surface area (Å²) < 4.78 is 0. The van der Waals surface area contributed by atoms with E-state index < -0.39 is 0 Å². The molecule has 5 rings (SSSR count). The van der Waals surface area contributed by atoms with Crippen LogP contribution in [0.5, 0.6) is 0 Å². The molecule has 1 aliphatic rings. The summed E-state index contributed by atoms with van der Waals surface area (Å²) in [7, 11) is 0. The number of carbonyl (C=O) groups excluding carboxylic acids is 1. The van der Waals surface area contributed by atoms with Crippen LogP contribution >= 0.6 is 0 Å². The number of hydrogen-bond acceptors (Lipinski definition) is 1. The Morgan fingerprint density at radius 3 is 1.52 bits per heavy atom. The van der Waals surface area contributed by atoms with Crippen molar-refractivity contribution >= 4 is 27.3 Å². The van der Waals surface area contributed by atoms with Crippen LogP contribution in [0.15, 0.2) is 84.9 Å². The van der Waals surface area contributed by atoms with E-state index in [1.54, 1.807) is 0 Å². The third-order valence-corrected chi connectivity index (χ3v) is 6.50. The zero-order valence-corrected chi connectivity index (χ0v) is 16.7. The van der Waals surface area contributed by atoms with Gasteiger partial charge in [-0.25, -0.2) is 0 Å². The van der Waals surface area contributed by atoms with Crippen LogP contribution in [-0.2, 0) is 17.6 Å². The summed E-state index contributed by atoms with van der Waals surface area (Å²) in [5.41, 5.74) is 2.57. The molecule has 0 unspecified atom stereocenters. The topological polar surface area (TPSA) is 17.1 Å². The van der Waals surface area contributed by atoms with E-state index in [4.69, 9.17) is 0 Å². The van der Waals surface area contributed by atoms with E-state index in [0.717, 1.165) is 32.1 Å². The van der Waals surface area contributed by atoms with Crippen molar-refractivity contribution in [3.05, 3.63) is 96.1 Å². The van der Waals surface area contributed by atoms with Crippen LogP contribution in [0.2, 0.25) is 0 Å². The Morgan fingerprint density at radius 2 is 1.03 bits per heavy atom. The molecule has 1 heteroatoms. The average molecular weight is 379 g/mol. The van der Waals surface area contributed by atoms with Crippen molar-refractivity contribution < 1.29 is 4.79 Å². The van der Waals surface area contributed by atoms with Gasteiger partial charge < -0.3 is 0 Å². The number of rotatable bonds is 4. The predicted octanol–water partition coefficient (Wildman–Crippen LogP) is 6.76. The fourth-order valence-corrected chi connectivity index (χ4v) is 4.93. The van der Waals surface area contributed by atoms with Crippen LogP contribution in [0, 0.1) is 11.8 Å². The maximum atomic E-state index is 13.3. The van der Waals surface area contributed by atoms with Crippen LogP contribution in [0.1, 0.15) is 30.4 Å². The molecule has 0 heterocycles. The van der Waals surface area contributed by atoms with Gasteiger partial charge in [0.15, 0.2) is 0 Å². The Bertz CT molecular complexity index is 1080. The van der Waals surface area contributed by atoms with Crippen molar-refractivity contribution in [1.29, 1.82) is 0 Å². The second kappa shape index (κ2) is 7.83. The van der Waals surface area contributed by atoms with Gasteiger partial charge in [-0.3, -0.25) is 4.79 Å². The lowest BCUT2D eigenvalue weighted by Crippen LogP contribution is -2.31. The van der Waals surface area contributed by atoms with Gasteiger partial charge in [0.05, 0.1) is 0 Å². The highest BCUT2D eigenvalue weighted by Gasteiger charge is 2.31. The quantitative estimate of drug-likeness (QED) is 0.383. The van der Waals surface area contributed by atoms with Gasteiger partial charge in [0.25, 0.3) is 0 Å². The SMILES string of the molecule is O=C1[C@H](Cc2ccc3ccccc3c2)CCC[C@H]1Cc1ccc2ccccc2c1. The molecule has 1 saturated carbocycles. The first-order chi connectivity index (χ1) is 14.3. The Balaban J connectivity index is 1.32. The molecule has 29 heavy (non-hydrogen) atoms. The zero-order chi connectivity index (χ0) is 19.6. The van der Waals surface area contributed by atoms with E-state index in [1.807, 2.05) is 0 Å². The van der Waals surface area contributed by atoms with Crippen molar-refractivity contribution in [2.75, 3.05) is 0 Å². The standard InChI is InChI=1S/C28H26O/c29-28-26(18-20-12-14-22-6-1-3-8-24(22)16-20)10-5-11-27(28)19-21-13-15-23-7-2-4-9-25(23)17-21/h1-4,6-9,12-17,26-27H,5,10-11,18-19H2/t26-,27-/m0/s1. The molecule has 1 aliphatic carbocycles. The third kappa shape index (κ3) is 3.82. The highest BCUT2D eigenvalue weighted by atomic mass is 16.1. The second-order valence-corrected chi connectivity index (χ2v) is 8.50. The lowest BCUT2D eigenvalue weighted by Gasteiger charge is -2.28. The first kappa shape index (κ1) is 18.1. The van der Waals surface area contributed by atoms with Gasteiger partial charge in [0.2, 0.25) is 0 Å². The van der Waals surface area contributed by atoms with Crippen molar-refractivity contribution in [3.63, 3.8) is 0 Å². The zero-order valence-electron chi connectivity index (χ0n) is 16.7. The predicted molar refractivity (Wildman–Crippen MR) is 121 cm³/mol. The minimum Gasteiger partial charge on any atom is -0.299 e. The minimum absolute atomic E-state index is 0.162. The van der Waals surface area contributed by atoms with Gasteiger partial charge >= 0.3 is 0 Å². The van der Waals surface area contributed by atoms with Crippen molar-refractivity contribution in [3.8, 4) is 0 Å². The molecule has 4 aromatic rings. The van der Waals surface area contributed by atoms with E-state index >= 15 is 0 Å². The molecule has 0 radical (unpaired) electrons. The normalized spacial score (nSPS) is 19.7. The summed E-state index contributed by atoms with van der Waals surface area (Å²) in [4.78, 5) is 13.3. The first-order valence-corrected chi connectivity index (χ1v) is 10.8. The summed E-state index contributed by atoms with van der Waals surface area (Å²) in [5, 5.41) is 5.06. The molecule has 1 fully saturated rings. The number of hydrogen-bond donors (Lipinski definition) is 0. The Hall–Kier alpha value is -2.93. The second-order valence-electron chi connectivity index (χ2n) is 8.50. The molecule has 0 saturated heterocycles. The Morgan fingerprint density at radius 1 is 0.586 bits per heavy atom. The number of ketones is 1. The third-order valence-electron chi connectivity index (χ3n) is 6.50. The number of Topliss-reactive ketones (excluding diaryl/α,β-unsaturated/α-hetero) is 1. The smallest absolute Gasteiger partial charge is 0.139 e. The van der Waals surface area contributed by atoms with Gasteiger partial charge in [0, 0.05) is 11.8 Å². The molecule has 0 aromatic heterocycles. The van der Waals surface area contributed by atoms with Gasteiger partial charge in [-0.15, -0.1) is 0 Å². The summed E-state index contributed by atoms with van der Waals surface area (Å²) in [6.45, 7) is 0. The van der Waals surface area contributed by atoms with E-state index in [2.05, 4.69) is 84.9 Å². The Labute approximate surface area is 172 Å². The summed E-state index contributed by atoms with van der Waals surface area (Å²) in [6.07, 6.45) is 4.96. The van der Waals surface area contributed by atoms with Crippen LogP contribution < -0.4 is 0 Å². The van der Waals surface area contributed by atoms with Gasteiger partial charge in [0.1, 0.15) is 5.78 Å². The van der Waals surface area contributed by atoms with Crippen LogP contribution in [0.25, 0.3) is 21.5 Å². The van der Waals surface area contributed by atoms with E-state index in [-0.39, 0.29) is 11.8 Å². The van der Waals surface area contributed by atoms with Crippen LogP contribution in [-0.4, -0.2) is 5.78 Å². The molecule has 0 aliphatic heterocycles. The highest BCUT2D eigenvalue weighted by molar-refractivity contribution is 5.86. The Kier molecular flexibility index (Phi) is 4.89. The van der Waals surface area contributed by atoms with Gasteiger partial charge in [-0.05, 0) is 58.4 Å². The first-order valence-electron chi connectivity index (χ1n) is 10.8. The molecule has 0 spiro atoms. The largest absolute Gasteiger partial charge is 0.299 e. The van der Waals surface area contributed by atoms with E-state index in [9.17, 15) is 4.79 Å². The maximum Gasteiger partial charge on any atom is 0.139 e. The molecule has 0 amide bonds. The molecule has 0 N–H and O–H groups in total. The summed E-state index contributed by atoms with van der Waals surface area (Å²) in [5.74, 6) is 0.795. The van der Waals surface area contributed by atoms with Crippen LogP contribution in [0.3, 0.4) is 0 Å². The van der Waals surface area contributed by atoms with Crippen molar-refractivity contribution in [1.82, 2.24) is 0 Å². The molecule has 0 bridgehead atoms. The minimum atomic E-state index is 0.162. The van der Waals surface area contributed by atoms with Crippen molar-refractivity contribution in [2.45, 2.75) is 32.1 Å². The van der Waals surface area contributed by atoms with Crippen molar-refractivity contribution in [2.24, 2.45) is 11.8 Å². The molecule has 144 valence electrons. The number of carbonyl (C=O) groups is 1. The molecule has 1 nitrogen and oxygen atoms in total. The van der Waals surface area contributed by atoms with E-state index in [1.165, 1.54) is 32.7 Å². The van der Waals surface area contributed by atoms with Crippen LogP contribution in [0.4, 0.5) is 0 Å². The summed E-state index contributed by atoms with van der Waals surface area (Å²) >= 11 is 0. The maximum absolute atomic E-state index is 13.3.